The van der Waals surface area contributed by atoms with Crippen LogP contribution in [0.2, 0.25) is 0 Å². The van der Waals surface area contributed by atoms with Gasteiger partial charge in [0, 0.05) is 36.0 Å². The van der Waals surface area contributed by atoms with E-state index < -0.39 is 0 Å². The Morgan fingerprint density at radius 1 is 1.00 bits per heavy atom. The summed E-state index contributed by atoms with van der Waals surface area (Å²) < 4.78 is 7.09. The summed E-state index contributed by atoms with van der Waals surface area (Å²) in [5, 5.41) is 4.29. The fourth-order valence-corrected chi connectivity index (χ4v) is 2.88. The fourth-order valence-electron chi connectivity index (χ4n) is 2.88. The molecule has 0 aliphatic rings. The predicted molar refractivity (Wildman–Crippen MR) is 103 cm³/mol. The van der Waals surface area contributed by atoms with Crippen molar-refractivity contribution in [2.24, 2.45) is 0 Å². The summed E-state index contributed by atoms with van der Waals surface area (Å²) in [5.41, 5.74) is 4.14. The SMILES string of the molecule is COc1cncc(-c2nccc(CCc3cccc(-n4cccn4)c3)n2)c1. The Balaban J connectivity index is 1.50. The summed E-state index contributed by atoms with van der Waals surface area (Å²) in [4.78, 5) is 13.2. The second-order valence-electron chi connectivity index (χ2n) is 6.11. The number of methoxy groups -OCH3 is 1. The molecule has 6 nitrogen and oxygen atoms in total. The molecule has 0 aliphatic carbocycles. The highest BCUT2D eigenvalue weighted by Gasteiger charge is 2.06. The average molecular weight is 357 g/mol. The van der Waals surface area contributed by atoms with Gasteiger partial charge in [-0.05, 0) is 48.7 Å². The third-order valence-electron chi connectivity index (χ3n) is 4.27. The van der Waals surface area contributed by atoms with Gasteiger partial charge < -0.3 is 4.74 Å². The van der Waals surface area contributed by atoms with Crippen molar-refractivity contribution in [3.63, 3.8) is 0 Å². The zero-order valence-electron chi connectivity index (χ0n) is 15.0. The lowest BCUT2D eigenvalue weighted by atomic mass is 10.1. The van der Waals surface area contributed by atoms with Crippen molar-refractivity contribution in [3.05, 3.63) is 84.7 Å². The van der Waals surface area contributed by atoms with Gasteiger partial charge in [-0.15, -0.1) is 0 Å². The van der Waals surface area contributed by atoms with Crippen molar-refractivity contribution in [1.82, 2.24) is 24.7 Å². The van der Waals surface area contributed by atoms with E-state index in [0.717, 1.165) is 29.8 Å². The van der Waals surface area contributed by atoms with Gasteiger partial charge in [0.1, 0.15) is 5.75 Å². The molecule has 0 spiro atoms. The Labute approximate surface area is 157 Å². The van der Waals surface area contributed by atoms with Crippen molar-refractivity contribution in [2.45, 2.75) is 12.8 Å². The zero-order valence-corrected chi connectivity index (χ0v) is 15.0. The van der Waals surface area contributed by atoms with Gasteiger partial charge in [0.15, 0.2) is 5.82 Å². The summed E-state index contributed by atoms with van der Waals surface area (Å²) in [6.45, 7) is 0. The van der Waals surface area contributed by atoms with E-state index in [1.807, 2.05) is 29.1 Å². The Morgan fingerprint density at radius 2 is 1.96 bits per heavy atom. The van der Waals surface area contributed by atoms with Crippen LogP contribution in [0.1, 0.15) is 11.3 Å². The molecule has 0 N–H and O–H groups in total. The molecule has 4 aromatic rings. The lowest BCUT2D eigenvalue weighted by Crippen LogP contribution is -2.00. The highest BCUT2D eigenvalue weighted by molar-refractivity contribution is 5.55. The van der Waals surface area contributed by atoms with Gasteiger partial charge in [-0.1, -0.05) is 12.1 Å². The van der Waals surface area contributed by atoms with Gasteiger partial charge in [-0.25, -0.2) is 14.6 Å². The van der Waals surface area contributed by atoms with Gasteiger partial charge in [-0.2, -0.15) is 5.10 Å². The van der Waals surface area contributed by atoms with Crippen molar-refractivity contribution in [2.75, 3.05) is 7.11 Å². The van der Waals surface area contributed by atoms with E-state index in [1.54, 1.807) is 31.9 Å². The van der Waals surface area contributed by atoms with Crippen LogP contribution in [0.3, 0.4) is 0 Å². The third kappa shape index (κ3) is 4.00. The minimum Gasteiger partial charge on any atom is -0.495 e. The first kappa shape index (κ1) is 16.9. The molecule has 0 fully saturated rings. The molecule has 3 aromatic heterocycles. The molecule has 0 bridgehead atoms. The molecule has 0 amide bonds. The number of aromatic nitrogens is 5. The van der Waals surface area contributed by atoms with Crippen LogP contribution in [0.25, 0.3) is 17.1 Å². The van der Waals surface area contributed by atoms with E-state index in [0.29, 0.717) is 11.6 Å². The van der Waals surface area contributed by atoms with E-state index >= 15 is 0 Å². The van der Waals surface area contributed by atoms with Crippen LogP contribution in [0.15, 0.2) is 73.4 Å². The minimum absolute atomic E-state index is 0.657. The van der Waals surface area contributed by atoms with Crippen LogP contribution < -0.4 is 4.74 Å². The number of hydrogen-bond acceptors (Lipinski definition) is 5. The van der Waals surface area contributed by atoms with E-state index in [1.165, 1.54) is 5.56 Å². The molecule has 134 valence electrons. The lowest BCUT2D eigenvalue weighted by molar-refractivity contribution is 0.413. The number of rotatable bonds is 6. The summed E-state index contributed by atoms with van der Waals surface area (Å²) in [5.74, 6) is 1.35. The molecule has 0 saturated heterocycles. The molecule has 0 atom stereocenters. The maximum absolute atomic E-state index is 5.23. The van der Waals surface area contributed by atoms with Gasteiger partial charge in [-0.3, -0.25) is 4.98 Å². The molecule has 0 unspecified atom stereocenters. The standard InChI is InChI=1S/C21H19N5O/c1-27-20-13-17(14-22-15-20)21-23-10-8-18(25-21)7-6-16-4-2-5-19(12-16)26-11-3-9-24-26/h2-5,8-15H,6-7H2,1H3. The topological polar surface area (TPSA) is 65.7 Å². The molecular formula is C21H19N5O. The summed E-state index contributed by atoms with van der Waals surface area (Å²) in [6, 6.07) is 14.1. The molecule has 1 aromatic carbocycles. The van der Waals surface area contributed by atoms with E-state index in [4.69, 9.17) is 4.74 Å². The van der Waals surface area contributed by atoms with E-state index in [9.17, 15) is 0 Å². The highest BCUT2D eigenvalue weighted by Crippen LogP contribution is 2.19. The van der Waals surface area contributed by atoms with Crippen molar-refractivity contribution >= 4 is 0 Å². The van der Waals surface area contributed by atoms with Crippen molar-refractivity contribution in [1.29, 1.82) is 0 Å². The number of aryl methyl sites for hydroxylation is 2. The Morgan fingerprint density at radius 3 is 2.81 bits per heavy atom. The molecule has 3 heterocycles. The first-order valence-corrected chi connectivity index (χ1v) is 8.72. The van der Waals surface area contributed by atoms with Crippen LogP contribution in [0.5, 0.6) is 5.75 Å². The van der Waals surface area contributed by atoms with Crippen LogP contribution in [0.4, 0.5) is 0 Å². The van der Waals surface area contributed by atoms with Gasteiger partial charge >= 0.3 is 0 Å². The molecular weight excluding hydrogens is 338 g/mol. The molecule has 27 heavy (non-hydrogen) atoms. The van der Waals surface area contributed by atoms with Crippen LogP contribution in [0, 0.1) is 0 Å². The maximum atomic E-state index is 5.23. The van der Waals surface area contributed by atoms with E-state index in [-0.39, 0.29) is 0 Å². The van der Waals surface area contributed by atoms with E-state index in [2.05, 4.69) is 44.3 Å². The average Bonchev–Trinajstić information content (AvgIpc) is 3.28. The molecule has 0 saturated carbocycles. The summed E-state index contributed by atoms with van der Waals surface area (Å²) in [6.07, 6.45) is 10.6. The fraction of sp³-hybridized carbons (Fsp3) is 0.143. The third-order valence-corrected chi connectivity index (χ3v) is 4.27. The summed E-state index contributed by atoms with van der Waals surface area (Å²) >= 11 is 0. The van der Waals surface area contributed by atoms with Crippen molar-refractivity contribution in [3.8, 4) is 22.8 Å². The van der Waals surface area contributed by atoms with Crippen LogP contribution >= 0.6 is 0 Å². The van der Waals surface area contributed by atoms with Gasteiger partial charge in [0.25, 0.3) is 0 Å². The number of pyridine rings is 1. The molecule has 4 rings (SSSR count). The maximum Gasteiger partial charge on any atom is 0.161 e. The monoisotopic (exact) mass is 357 g/mol. The van der Waals surface area contributed by atoms with Gasteiger partial charge in [0.05, 0.1) is 19.0 Å². The number of ether oxygens (including phenoxy) is 1. The largest absolute Gasteiger partial charge is 0.495 e. The Hall–Kier alpha value is -3.54. The first-order chi connectivity index (χ1) is 13.3. The Kier molecular flexibility index (Phi) is 4.87. The second kappa shape index (κ2) is 7.78. The normalized spacial score (nSPS) is 10.7. The Bertz CT molecular complexity index is 1030. The minimum atomic E-state index is 0.657. The zero-order chi connectivity index (χ0) is 18.5. The second-order valence-corrected chi connectivity index (χ2v) is 6.11. The van der Waals surface area contributed by atoms with Crippen LogP contribution in [-0.4, -0.2) is 31.8 Å². The number of hydrogen-bond donors (Lipinski definition) is 0. The molecule has 6 heteroatoms. The molecule has 0 radical (unpaired) electrons. The quantitative estimate of drug-likeness (QED) is 0.528. The predicted octanol–water partition coefficient (Wildman–Crippen LogP) is 3.52. The van der Waals surface area contributed by atoms with Gasteiger partial charge in [0.2, 0.25) is 0 Å². The van der Waals surface area contributed by atoms with Crippen LogP contribution in [-0.2, 0) is 12.8 Å². The molecule has 0 aliphatic heterocycles. The number of nitrogens with zero attached hydrogens (tertiary/aromatic N) is 5. The first-order valence-electron chi connectivity index (χ1n) is 8.72. The smallest absolute Gasteiger partial charge is 0.161 e. The lowest BCUT2D eigenvalue weighted by Gasteiger charge is -2.07. The van der Waals surface area contributed by atoms with Crippen molar-refractivity contribution < 1.29 is 4.74 Å². The summed E-state index contributed by atoms with van der Waals surface area (Å²) in [7, 11) is 1.62. The highest BCUT2D eigenvalue weighted by atomic mass is 16.5. The number of benzene rings is 1.